The molecule has 1 aliphatic heterocycles. The van der Waals surface area contributed by atoms with Gasteiger partial charge in [0.2, 0.25) is 0 Å². The molecule has 1 heterocycles. The van der Waals surface area contributed by atoms with E-state index in [0.717, 1.165) is 28.9 Å². The smallest absolute Gasteiger partial charge is 0.191 e. The van der Waals surface area contributed by atoms with Crippen LogP contribution in [0.5, 0.6) is 5.75 Å². The maximum atomic E-state index is 5.99. The number of aliphatic imine (C=N–C) groups is 1. The fraction of sp³-hybridized carbons (Fsp3) is 0.462. The Morgan fingerprint density at radius 1 is 1.47 bits per heavy atom. The Bertz CT molecular complexity index is 459. The number of morpholine rings is 1. The maximum Gasteiger partial charge on any atom is 0.191 e. The van der Waals surface area contributed by atoms with Gasteiger partial charge in [-0.05, 0) is 12.1 Å². The first kappa shape index (κ1) is 14.1. The van der Waals surface area contributed by atoms with Crippen LogP contribution >= 0.6 is 15.9 Å². The summed E-state index contributed by atoms with van der Waals surface area (Å²) < 4.78 is 11.6. The van der Waals surface area contributed by atoms with E-state index in [1.807, 2.05) is 23.1 Å². The van der Waals surface area contributed by atoms with Crippen molar-refractivity contribution in [1.29, 1.82) is 0 Å². The normalized spacial score (nSPS) is 16.5. The second-order valence-corrected chi connectivity index (χ2v) is 5.15. The molecule has 0 atom stereocenters. The number of nitrogens with zero attached hydrogens (tertiary/aromatic N) is 2. The lowest BCUT2D eigenvalue weighted by Gasteiger charge is -2.27. The molecule has 0 unspecified atom stereocenters. The molecule has 0 radical (unpaired) electrons. The first-order chi connectivity index (χ1) is 9.20. The van der Waals surface area contributed by atoms with Crippen LogP contribution in [0.4, 0.5) is 0 Å². The SMILES string of the molecule is COc1cc(Br)ccc1CN=C(N)N1CCOCC1. The van der Waals surface area contributed by atoms with Crippen LogP contribution in [0, 0.1) is 0 Å². The lowest BCUT2D eigenvalue weighted by molar-refractivity contribution is 0.0674. The van der Waals surface area contributed by atoms with Crippen molar-refractivity contribution in [3.63, 3.8) is 0 Å². The van der Waals surface area contributed by atoms with E-state index in [4.69, 9.17) is 15.2 Å². The molecule has 1 fully saturated rings. The van der Waals surface area contributed by atoms with Gasteiger partial charge in [0.05, 0.1) is 26.9 Å². The number of nitrogens with two attached hydrogens (primary N) is 1. The van der Waals surface area contributed by atoms with Gasteiger partial charge >= 0.3 is 0 Å². The van der Waals surface area contributed by atoms with Crippen molar-refractivity contribution < 1.29 is 9.47 Å². The Morgan fingerprint density at radius 2 is 2.21 bits per heavy atom. The van der Waals surface area contributed by atoms with E-state index in [0.29, 0.717) is 25.7 Å². The van der Waals surface area contributed by atoms with Crippen LogP contribution in [0.2, 0.25) is 0 Å². The Morgan fingerprint density at radius 3 is 2.89 bits per heavy atom. The molecule has 1 aromatic carbocycles. The van der Waals surface area contributed by atoms with Crippen LogP contribution in [-0.4, -0.2) is 44.3 Å². The summed E-state index contributed by atoms with van der Waals surface area (Å²) >= 11 is 3.42. The third-order valence-corrected chi connectivity index (χ3v) is 3.49. The highest BCUT2D eigenvalue weighted by Gasteiger charge is 2.12. The highest BCUT2D eigenvalue weighted by atomic mass is 79.9. The number of halogens is 1. The van der Waals surface area contributed by atoms with Crippen molar-refractivity contribution in [2.75, 3.05) is 33.4 Å². The number of rotatable bonds is 3. The zero-order chi connectivity index (χ0) is 13.7. The quantitative estimate of drug-likeness (QED) is 0.676. The number of guanidine groups is 1. The number of hydrogen-bond acceptors (Lipinski definition) is 3. The second-order valence-electron chi connectivity index (χ2n) is 4.23. The van der Waals surface area contributed by atoms with Gasteiger partial charge in [-0.3, -0.25) is 0 Å². The molecular formula is C13H18BrN3O2. The molecule has 0 aliphatic carbocycles. The molecule has 0 aromatic heterocycles. The molecule has 5 nitrogen and oxygen atoms in total. The third kappa shape index (κ3) is 3.84. The molecule has 104 valence electrons. The summed E-state index contributed by atoms with van der Waals surface area (Å²) in [5.74, 6) is 1.38. The third-order valence-electron chi connectivity index (χ3n) is 3.00. The second kappa shape index (κ2) is 6.77. The molecular weight excluding hydrogens is 310 g/mol. The fourth-order valence-electron chi connectivity index (χ4n) is 1.91. The van der Waals surface area contributed by atoms with E-state index in [1.165, 1.54) is 0 Å². The summed E-state index contributed by atoms with van der Waals surface area (Å²) in [6, 6.07) is 5.88. The first-order valence-corrected chi connectivity index (χ1v) is 6.95. The van der Waals surface area contributed by atoms with E-state index in [1.54, 1.807) is 7.11 Å². The summed E-state index contributed by atoms with van der Waals surface area (Å²) in [7, 11) is 1.65. The van der Waals surface area contributed by atoms with Gasteiger partial charge in [-0.25, -0.2) is 4.99 Å². The Balaban J connectivity index is 2.04. The zero-order valence-electron chi connectivity index (χ0n) is 10.9. The standard InChI is InChI=1S/C13H18BrN3O2/c1-18-12-8-11(14)3-2-10(12)9-16-13(15)17-4-6-19-7-5-17/h2-3,8H,4-7,9H2,1H3,(H2,15,16). The zero-order valence-corrected chi connectivity index (χ0v) is 12.5. The van der Waals surface area contributed by atoms with Crippen LogP contribution in [0.1, 0.15) is 5.56 Å². The van der Waals surface area contributed by atoms with E-state index in [2.05, 4.69) is 20.9 Å². The van der Waals surface area contributed by atoms with E-state index >= 15 is 0 Å². The molecule has 0 amide bonds. The molecule has 2 N–H and O–H groups in total. The summed E-state index contributed by atoms with van der Waals surface area (Å²) in [6.07, 6.45) is 0. The molecule has 1 aromatic rings. The van der Waals surface area contributed by atoms with Gasteiger partial charge in [0, 0.05) is 23.1 Å². The van der Waals surface area contributed by atoms with Crippen molar-refractivity contribution in [2.45, 2.75) is 6.54 Å². The molecule has 0 saturated carbocycles. The highest BCUT2D eigenvalue weighted by molar-refractivity contribution is 9.10. The largest absolute Gasteiger partial charge is 0.496 e. The topological polar surface area (TPSA) is 60.1 Å². The van der Waals surface area contributed by atoms with Crippen molar-refractivity contribution in [2.24, 2.45) is 10.7 Å². The van der Waals surface area contributed by atoms with Gasteiger partial charge in [-0.2, -0.15) is 0 Å². The number of hydrogen-bond donors (Lipinski definition) is 1. The van der Waals surface area contributed by atoms with Gasteiger partial charge < -0.3 is 20.1 Å². The van der Waals surface area contributed by atoms with Crippen LogP contribution in [0.15, 0.2) is 27.7 Å². The highest BCUT2D eigenvalue weighted by Crippen LogP contribution is 2.24. The van der Waals surface area contributed by atoms with Crippen molar-refractivity contribution in [3.05, 3.63) is 28.2 Å². The first-order valence-electron chi connectivity index (χ1n) is 6.15. The lowest BCUT2D eigenvalue weighted by atomic mass is 10.2. The number of ether oxygens (including phenoxy) is 2. The minimum absolute atomic E-state index is 0.514. The summed E-state index contributed by atoms with van der Waals surface area (Å²) in [5, 5.41) is 0. The number of benzene rings is 1. The van der Waals surface area contributed by atoms with Gasteiger partial charge in [0.15, 0.2) is 5.96 Å². The van der Waals surface area contributed by atoms with E-state index in [9.17, 15) is 0 Å². The van der Waals surface area contributed by atoms with E-state index < -0.39 is 0 Å². The predicted octanol–water partition coefficient (Wildman–Crippen LogP) is 1.60. The summed E-state index contributed by atoms with van der Waals surface area (Å²) in [5.41, 5.74) is 7.00. The molecule has 6 heteroatoms. The molecule has 0 bridgehead atoms. The molecule has 19 heavy (non-hydrogen) atoms. The average molecular weight is 328 g/mol. The summed E-state index contributed by atoms with van der Waals surface area (Å²) in [6.45, 7) is 3.52. The van der Waals surface area contributed by atoms with Crippen molar-refractivity contribution in [3.8, 4) is 5.75 Å². The van der Waals surface area contributed by atoms with Gasteiger partial charge in [0.25, 0.3) is 0 Å². The van der Waals surface area contributed by atoms with Crippen molar-refractivity contribution in [1.82, 2.24) is 4.90 Å². The van der Waals surface area contributed by atoms with Gasteiger partial charge in [-0.15, -0.1) is 0 Å². The minimum atomic E-state index is 0.514. The van der Waals surface area contributed by atoms with Crippen LogP contribution in [-0.2, 0) is 11.3 Å². The number of methoxy groups -OCH3 is 1. The fourth-order valence-corrected chi connectivity index (χ4v) is 2.25. The molecule has 1 aliphatic rings. The Kier molecular flexibility index (Phi) is 5.04. The van der Waals surface area contributed by atoms with Crippen LogP contribution < -0.4 is 10.5 Å². The van der Waals surface area contributed by atoms with E-state index in [-0.39, 0.29) is 0 Å². The van der Waals surface area contributed by atoms with Gasteiger partial charge in [0.1, 0.15) is 5.75 Å². The minimum Gasteiger partial charge on any atom is -0.496 e. The maximum absolute atomic E-state index is 5.99. The average Bonchev–Trinajstić information content (AvgIpc) is 2.46. The Hall–Kier alpha value is -1.27. The molecule has 2 rings (SSSR count). The lowest BCUT2D eigenvalue weighted by Crippen LogP contribution is -2.44. The predicted molar refractivity (Wildman–Crippen MR) is 78.4 cm³/mol. The van der Waals surface area contributed by atoms with Crippen molar-refractivity contribution >= 4 is 21.9 Å². The molecule has 0 spiro atoms. The Labute approximate surface area is 121 Å². The monoisotopic (exact) mass is 327 g/mol. The molecule has 1 saturated heterocycles. The van der Waals surface area contributed by atoms with Gasteiger partial charge in [-0.1, -0.05) is 22.0 Å². The van der Waals surface area contributed by atoms with Crippen LogP contribution in [0.3, 0.4) is 0 Å². The van der Waals surface area contributed by atoms with Crippen LogP contribution in [0.25, 0.3) is 0 Å². The summed E-state index contributed by atoms with van der Waals surface area (Å²) in [4.78, 5) is 6.46.